The third-order valence-corrected chi connectivity index (χ3v) is 5.98. The van der Waals surface area contributed by atoms with Gasteiger partial charge in [0.1, 0.15) is 17.6 Å². The molecule has 0 fully saturated rings. The molecule has 8 nitrogen and oxygen atoms in total. The molecular weight excluding hydrogens is 446 g/mol. The molecule has 2 aliphatic heterocycles. The van der Waals surface area contributed by atoms with E-state index in [0.717, 1.165) is 11.1 Å². The van der Waals surface area contributed by atoms with Gasteiger partial charge in [0.2, 0.25) is 5.91 Å². The first kappa shape index (κ1) is 22.8. The Morgan fingerprint density at radius 1 is 1.27 bits per heavy atom. The molecule has 0 bridgehead atoms. The highest BCUT2D eigenvalue weighted by Gasteiger charge is 2.42. The second-order valence-electron chi connectivity index (χ2n) is 8.42. The Morgan fingerprint density at radius 3 is 2.73 bits per heavy atom. The first-order chi connectivity index (χ1) is 15.8. The van der Waals surface area contributed by atoms with Gasteiger partial charge in [0.25, 0.3) is 5.91 Å². The van der Waals surface area contributed by atoms with Crippen molar-refractivity contribution in [1.29, 1.82) is 0 Å². The van der Waals surface area contributed by atoms with E-state index in [1.54, 1.807) is 23.1 Å². The monoisotopic (exact) mass is 469 g/mol. The van der Waals surface area contributed by atoms with Gasteiger partial charge in [-0.05, 0) is 36.6 Å². The molecule has 1 atom stereocenters. The van der Waals surface area contributed by atoms with E-state index < -0.39 is 12.0 Å². The van der Waals surface area contributed by atoms with Gasteiger partial charge in [-0.15, -0.1) is 0 Å². The molecule has 0 aliphatic carbocycles. The molecule has 0 saturated carbocycles. The van der Waals surface area contributed by atoms with Gasteiger partial charge in [-0.3, -0.25) is 9.59 Å². The smallest absolute Gasteiger partial charge is 0.339 e. The van der Waals surface area contributed by atoms with Crippen LogP contribution in [0.25, 0.3) is 0 Å². The number of rotatable bonds is 6. The Hall–Kier alpha value is -3.39. The molecule has 2 aliphatic rings. The van der Waals surface area contributed by atoms with E-state index in [2.05, 4.69) is 15.0 Å². The number of benzene rings is 1. The van der Waals surface area contributed by atoms with Crippen LogP contribution in [0.1, 0.15) is 36.2 Å². The fraction of sp³-hybridized carbons (Fsp3) is 0.333. The van der Waals surface area contributed by atoms with Gasteiger partial charge in [0, 0.05) is 35.3 Å². The van der Waals surface area contributed by atoms with Crippen LogP contribution in [0.4, 0.5) is 5.82 Å². The van der Waals surface area contributed by atoms with Crippen molar-refractivity contribution in [2.75, 3.05) is 19.0 Å². The molecule has 0 radical (unpaired) electrons. The van der Waals surface area contributed by atoms with Crippen LogP contribution in [0, 0.1) is 5.92 Å². The van der Waals surface area contributed by atoms with E-state index in [4.69, 9.17) is 16.3 Å². The summed E-state index contributed by atoms with van der Waals surface area (Å²) in [4.78, 5) is 43.7. The Kier molecular flexibility index (Phi) is 6.37. The maximum atomic E-state index is 13.2. The molecule has 9 heteroatoms. The lowest BCUT2D eigenvalue weighted by atomic mass is 10.0. The quantitative estimate of drug-likeness (QED) is 0.649. The lowest BCUT2D eigenvalue weighted by Crippen LogP contribution is -2.46. The van der Waals surface area contributed by atoms with Crippen LogP contribution in [-0.4, -0.2) is 47.4 Å². The van der Waals surface area contributed by atoms with Crippen molar-refractivity contribution in [2.24, 2.45) is 5.92 Å². The van der Waals surface area contributed by atoms with Gasteiger partial charge < -0.3 is 19.7 Å². The highest BCUT2D eigenvalue weighted by molar-refractivity contribution is 6.31. The summed E-state index contributed by atoms with van der Waals surface area (Å²) in [6.45, 7) is 4.27. The molecule has 1 N–H and O–H groups in total. The SMILES string of the molecule is COC(=O)c1ccc(NC(=O)C(CC(C)C)N2CC3=C(Oc4cccc(Cl)c4C3)C2=O)nc1. The summed E-state index contributed by atoms with van der Waals surface area (Å²) >= 11 is 6.32. The van der Waals surface area contributed by atoms with E-state index in [0.29, 0.717) is 30.2 Å². The highest BCUT2D eigenvalue weighted by atomic mass is 35.5. The third kappa shape index (κ3) is 4.57. The number of anilines is 1. The van der Waals surface area contributed by atoms with Crippen LogP contribution >= 0.6 is 11.6 Å². The summed E-state index contributed by atoms with van der Waals surface area (Å²) in [5, 5.41) is 3.35. The Morgan fingerprint density at radius 2 is 2.06 bits per heavy atom. The number of methoxy groups -OCH3 is 1. The molecule has 0 saturated heterocycles. The lowest BCUT2D eigenvalue weighted by molar-refractivity contribution is -0.135. The van der Waals surface area contributed by atoms with Gasteiger partial charge in [0.05, 0.1) is 12.7 Å². The van der Waals surface area contributed by atoms with E-state index in [1.165, 1.54) is 25.4 Å². The van der Waals surface area contributed by atoms with Crippen LogP contribution in [0.2, 0.25) is 5.02 Å². The molecule has 4 rings (SSSR count). The topological polar surface area (TPSA) is 97.8 Å². The van der Waals surface area contributed by atoms with Gasteiger partial charge >= 0.3 is 5.97 Å². The van der Waals surface area contributed by atoms with Crippen molar-refractivity contribution in [3.8, 4) is 5.75 Å². The first-order valence-corrected chi connectivity index (χ1v) is 11.0. The normalized spacial score (nSPS) is 15.7. The number of esters is 1. The standard InChI is InChI=1S/C24H24ClN3O5/c1-13(2)9-18(22(29)27-20-8-7-14(11-26-20)24(31)32-3)28-12-15-10-16-17(25)5-4-6-19(16)33-21(15)23(28)30/h4-8,11,13,18H,9-10,12H2,1-3H3,(H,26,27,29). The number of halogens is 1. The van der Waals surface area contributed by atoms with Crippen LogP contribution in [0.15, 0.2) is 47.9 Å². The van der Waals surface area contributed by atoms with Crippen molar-refractivity contribution < 1.29 is 23.9 Å². The van der Waals surface area contributed by atoms with Crippen LogP contribution < -0.4 is 10.1 Å². The summed E-state index contributed by atoms with van der Waals surface area (Å²) < 4.78 is 10.6. The zero-order chi connectivity index (χ0) is 23.7. The molecule has 172 valence electrons. The molecule has 2 aromatic rings. The minimum Gasteiger partial charge on any atom is -0.465 e. The fourth-order valence-electron chi connectivity index (χ4n) is 4.00. The number of carbonyl (C=O) groups is 3. The zero-order valence-corrected chi connectivity index (χ0v) is 19.3. The number of aromatic nitrogens is 1. The van der Waals surface area contributed by atoms with Crippen molar-refractivity contribution >= 4 is 35.2 Å². The number of carbonyl (C=O) groups excluding carboxylic acids is 3. The average Bonchev–Trinajstić information content (AvgIpc) is 3.11. The summed E-state index contributed by atoms with van der Waals surface area (Å²) in [7, 11) is 1.28. The highest BCUT2D eigenvalue weighted by Crippen LogP contribution is 2.39. The summed E-state index contributed by atoms with van der Waals surface area (Å²) in [6.07, 6.45) is 2.29. The second kappa shape index (κ2) is 9.23. The van der Waals surface area contributed by atoms with Crippen LogP contribution in [-0.2, 0) is 20.7 Å². The molecule has 1 aromatic heterocycles. The zero-order valence-electron chi connectivity index (χ0n) is 18.6. The number of hydrogen-bond acceptors (Lipinski definition) is 6. The van der Waals surface area contributed by atoms with Crippen molar-refractivity contribution in [3.63, 3.8) is 0 Å². The average molecular weight is 470 g/mol. The summed E-state index contributed by atoms with van der Waals surface area (Å²) in [6, 6.07) is 7.67. The first-order valence-electron chi connectivity index (χ1n) is 10.6. The second-order valence-corrected chi connectivity index (χ2v) is 8.83. The van der Waals surface area contributed by atoms with Crippen LogP contribution in [0.5, 0.6) is 5.75 Å². The number of fused-ring (bicyclic) bond motifs is 1. The molecule has 2 amide bonds. The number of ether oxygens (including phenoxy) is 2. The van der Waals surface area contributed by atoms with E-state index in [9.17, 15) is 14.4 Å². The minimum atomic E-state index is -0.715. The Bertz CT molecular complexity index is 1140. The number of nitrogens with zero attached hydrogens (tertiary/aromatic N) is 2. The third-order valence-electron chi connectivity index (χ3n) is 5.62. The number of nitrogens with one attached hydrogen (secondary N) is 1. The van der Waals surface area contributed by atoms with Gasteiger partial charge in [-0.25, -0.2) is 9.78 Å². The summed E-state index contributed by atoms with van der Waals surface area (Å²) in [5.74, 6) is 0.0902. The number of hydrogen-bond donors (Lipinski definition) is 1. The largest absolute Gasteiger partial charge is 0.465 e. The van der Waals surface area contributed by atoms with E-state index in [-0.39, 0.29) is 34.9 Å². The van der Waals surface area contributed by atoms with Crippen molar-refractivity contribution in [2.45, 2.75) is 32.7 Å². The van der Waals surface area contributed by atoms with Gasteiger partial charge in [-0.1, -0.05) is 31.5 Å². The molecular formula is C24H24ClN3O5. The Balaban J connectivity index is 1.52. The lowest BCUT2D eigenvalue weighted by Gasteiger charge is -2.28. The van der Waals surface area contributed by atoms with E-state index in [1.807, 2.05) is 13.8 Å². The maximum Gasteiger partial charge on any atom is 0.339 e. The number of amides is 2. The van der Waals surface area contributed by atoms with Crippen molar-refractivity contribution in [3.05, 3.63) is 64.0 Å². The summed E-state index contributed by atoms with van der Waals surface area (Å²) in [5.41, 5.74) is 1.92. The minimum absolute atomic E-state index is 0.161. The molecule has 1 aromatic carbocycles. The van der Waals surface area contributed by atoms with E-state index >= 15 is 0 Å². The molecule has 33 heavy (non-hydrogen) atoms. The predicted molar refractivity (Wildman–Crippen MR) is 122 cm³/mol. The Labute approximate surface area is 196 Å². The molecule has 1 unspecified atom stereocenters. The van der Waals surface area contributed by atoms with Gasteiger partial charge in [0.15, 0.2) is 5.76 Å². The molecule has 0 spiro atoms. The van der Waals surface area contributed by atoms with Gasteiger partial charge in [-0.2, -0.15) is 0 Å². The predicted octanol–water partition coefficient (Wildman–Crippen LogP) is 3.61. The van der Waals surface area contributed by atoms with Crippen LogP contribution in [0.3, 0.4) is 0 Å². The number of pyridine rings is 1. The van der Waals surface area contributed by atoms with Crippen molar-refractivity contribution in [1.82, 2.24) is 9.88 Å². The molecule has 3 heterocycles. The maximum absolute atomic E-state index is 13.2. The fourth-order valence-corrected chi connectivity index (χ4v) is 4.23.